The van der Waals surface area contributed by atoms with Gasteiger partial charge in [0.25, 0.3) is 0 Å². The van der Waals surface area contributed by atoms with E-state index in [0.717, 1.165) is 0 Å². The molecule has 22 heavy (non-hydrogen) atoms. The average Bonchev–Trinajstić information content (AvgIpc) is 2.46. The summed E-state index contributed by atoms with van der Waals surface area (Å²) in [4.78, 5) is -0.120. The van der Waals surface area contributed by atoms with E-state index in [9.17, 15) is 8.42 Å². The highest BCUT2D eigenvalue weighted by molar-refractivity contribution is 7.89. The predicted molar refractivity (Wildman–Crippen MR) is 88.2 cm³/mol. The molecule has 0 saturated carbocycles. The van der Waals surface area contributed by atoms with Gasteiger partial charge in [-0.15, -0.1) is 0 Å². The van der Waals surface area contributed by atoms with Crippen molar-refractivity contribution in [1.82, 2.24) is 4.72 Å². The van der Waals surface area contributed by atoms with E-state index in [1.54, 1.807) is 25.1 Å². The van der Waals surface area contributed by atoms with Crippen LogP contribution >= 0.6 is 23.2 Å². The largest absolute Gasteiger partial charge is 0.489 e. The third kappa shape index (κ3) is 4.36. The van der Waals surface area contributed by atoms with Crippen LogP contribution in [0.5, 0.6) is 5.75 Å². The van der Waals surface area contributed by atoms with Gasteiger partial charge < -0.3 is 4.74 Å². The molecule has 0 aliphatic rings. The van der Waals surface area contributed by atoms with Gasteiger partial charge in [-0.3, -0.25) is 0 Å². The van der Waals surface area contributed by atoms with Crippen molar-refractivity contribution in [1.29, 1.82) is 0 Å². The van der Waals surface area contributed by atoms with Crippen molar-refractivity contribution in [3.63, 3.8) is 0 Å². The van der Waals surface area contributed by atoms with E-state index >= 15 is 0 Å². The number of hydrogen-bond acceptors (Lipinski definition) is 3. The van der Waals surface area contributed by atoms with E-state index in [0.29, 0.717) is 5.75 Å². The zero-order chi connectivity index (χ0) is 16.2. The normalized spacial score (nSPS) is 12.9. The predicted octanol–water partition coefficient (Wildman–Crippen LogP) is 3.74. The summed E-state index contributed by atoms with van der Waals surface area (Å²) in [7, 11) is -3.80. The quantitative estimate of drug-likeness (QED) is 0.854. The van der Waals surface area contributed by atoms with Gasteiger partial charge in [0, 0.05) is 6.54 Å². The maximum atomic E-state index is 12.3. The van der Waals surface area contributed by atoms with Gasteiger partial charge in [0.1, 0.15) is 16.7 Å². The molecule has 118 valence electrons. The summed E-state index contributed by atoms with van der Waals surface area (Å²) in [5.74, 6) is 0.671. The van der Waals surface area contributed by atoms with Crippen LogP contribution in [0, 0.1) is 0 Å². The molecule has 1 atom stereocenters. The van der Waals surface area contributed by atoms with Crippen molar-refractivity contribution in [2.45, 2.75) is 17.9 Å². The standard InChI is InChI=1S/C15H15Cl2NO3S/c1-11(21-12-6-3-2-4-7-12)10-18-22(19,20)15-13(16)8-5-9-14(15)17/h2-9,11,18H,10H2,1H3. The number of ether oxygens (including phenoxy) is 1. The lowest BCUT2D eigenvalue weighted by molar-refractivity contribution is 0.225. The Kier molecular flexibility index (Phi) is 5.69. The third-order valence-corrected chi connectivity index (χ3v) is 5.21. The second-order valence-electron chi connectivity index (χ2n) is 4.64. The summed E-state index contributed by atoms with van der Waals surface area (Å²) < 4.78 is 32.7. The molecule has 1 N–H and O–H groups in total. The van der Waals surface area contributed by atoms with E-state index in [1.807, 2.05) is 18.2 Å². The lowest BCUT2D eigenvalue weighted by Gasteiger charge is -2.16. The van der Waals surface area contributed by atoms with Crippen molar-refractivity contribution < 1.29 is 13.2 Å². The molecule has 0 fully saturated rings. The molecule has 0 spiro atoms. The monoisotopic (exact) mass is 359 g/mol. The molecule has 0 radical (unpaired) electrons. The van der Waals surface area contributed by atoms with Crippen molar-refractivity contribution in [2.24, 2.45) is 0 Å². The Balaban J connectivity index is 2.04. The number of hydrogen-bond donors (Lipinski definition) is 1. The van der Waals surface area contributed by atoms with Gasteiger partial charge in [-0.05, 0) is 31.2 Å². The van der Waals surface area contributed by atoms with Gasteiger partial charge in [0.2, 0.25) is 10.0 Å². The zero-order valence-corrected chi connectivity index (χ0v) is 14.1. The van der Waals surface area contributed by atoms with Crippen LogP contribution in [-0.2, 0) is 10.0 Å². The molecule has 2 aromatic rings. The Labute approximate surface area is 140 Å². The van der Waals surface area contributed by atoms with E-state index in [2.05, 4.69) is 4.72 Å². The van der Waals surface area contributed by atoms with Crippen molar-refractivity contribution >= 4 is 33.2 Å². The fourth-order valence-corrected chi connectivity index (χ4v) is 4.07. The first-order chi connectivity index (χ1) is 10.4. The fourth-order valence-electron chi connectivity index (χ4n) is 1.81. The highest BCUT2D eigenvalue weighted by Gasteiger charge is 2.22. The molecule has 2 aromatic carbocycles. The number of halogens is 2. The molecular weight excluding hydrogens is 345 g/mol. The number of nitrogens with one attached hydrogen (secondary N) is 1. The highest BCUT2D eigenvalue weighted by Crippen LogP contribution is 2.28. The third-order valence-electron chi connectivity index (χ3n) is 2.83. The molecule has 0 aliphatic heterocycles. The van der Waals surface area contributed by atoms with Crippen LogP contribution in [0.1, 0.15) is 6.92 Å². The molecule has 2 rings (SSSR count). The maximum Gasteiger partial charge on any atom is 0.243 e. The smallest absolute Gasteiger partial charge is 0.243 e. The minimum atomic E-state index is -3.80. The minimum absolute atomic E-state index is 0.0802. The average molecular weight is 360 g/mol. The first kappa shape index (κ1) is 17.1. The van der Waals surface area contributed by atoms with Gasteiger partial charge in [-0.2, -0.15) is 0 Å². The summed E-state index contributed by atoms with van der Waals surface area (Å²) in [6.45, 7) is 1.86. The Bertz CT molecular complexity index is 715. The lowest BCUT2D eigenvalue weighted by Crippen LogP contribution is -2.33. The summed E-state index contributed by atoms with van der Waals surface area (Å²) in [6.07, 6.45) is -0.349. The molecule has 7 heteroatoms. The molecule has 0 saturated heterocycles. The summed E-state index contributed by atoms with van der Waals surface area (Å²) in [6, 6.07) is 13.7. The van der Waals surface area contributed by atoms with Crippen LogP contribution in [0.15, 0.2) is 53.4 Å². The van der Waals surface area contributed by atoms with Crippen molar-refractivity contribution in [2.75, 3.05) is 6.54 Å². The number of sulfonamides is 1. The SMILES string of the molecule is CC(CNS(=O)(=O)c1c(Cl)cccc1Cl)Oc1ccccc1. The molecule has 0 aromatic heterocycles. The molecule has 0 amide bonds. The second-order valence-corrected chi connectivity index (χ2v) is 7.16. The van der Waals surface area contributed by atoms with Crippen molar-refractivity contribution in [3.05, 3.63) is 58.6 Å². The molecule has 0 heterocycles. The van der Waals surface area contributed by atoms with Gasteiger partial charge >= 0.3 is 0 Å². The first-order valence-electron chi connectivity index (χ1n) is 6.55. The van der Waals surface area contributed by atoms with E-state index in [4.69, 9.17) is 27.9 Å². The van der Waals surface area contributed by atoms with Crippen LogP contribution in [0.2, 0.25) is 10.0 Å². The van der Waals surface area contributed by atoms with Crippen molar-refractivity contribution in [3.8, 4) is 5.75 Å². The van der Waals surface area contributed by atoms with Gasteiger partial charge in [-0.25, -0.2) is 13.1 Å². The Morgan fingerprint density at radius 2 is 1.64 bits per heavy atom. The number of para-hydroxylation sites is 1. The topological polar surface area (TPSA) is 55.4 Å². The zero-order valence-electron chi connectivity index (χ0n) is 11.8. The molecular formula is C15H15Cl2NO3S. The molecule has 4 nitrogen and oxygen atoms in total. The van der Waals surface area contributed by atoms with Gasteiger partial charge in [0.05, 0.1) is 10.0 Å². The lowest BCUT2D eigenvalue weighted by atomic mass is 10.3. The summed E-state index contributed by atoms with van der Waals surface area (Å²) in [5.41, 5.74) is 0. The van der Waals surface area contributed by atoms with E-state index < -0.39 is 10.0 Å². The summed E-state index contributed by atoms with van der Waals surface area (Å²) >= 11 is 11.8. The molecule has 0 aliphatic carbocycles. The summed E-state index contributed by atoms with van der Waals surface area (Å²) in [5, 5.41) is 0.160. The minimum Gasteiger partial charge on any atom is -0.489 e. The second kappa shape index (κ2) is 7.33. The fraction of sp³-hybridized carbons (Fsp3) is 0.200. The van der Waals surface area contributed by atoms with Crippen LogP contribution in [0.3, 0.4) is 0 Å². The Morgan fingerprint density at radius 3 is 2.23 bits per heavy atom. The molecule has 0 bridgehead atoms. The van der Waals surface area contributed by atoms with E-state index in [-0.39, 0.29) is 27.6 Å². The highest BCUT2D eigenvalue weighted by atomic mass is 35.5. The number of rotatable bonds is 6. The van der Waals surface area contributed by atoms with Gasteiger partial charge in [-0.1, -0.05) is 47.5 Å². The first-order valence-corrected chi connectivity index (χ1v) is 8.79. The Morgan fingerprint density at radius 1 is 1.05 bits per heavy atom. The molecule has 1 unspecified atom stereocenters. The van der Waals surface area contributed by atoms with Crippen LogP contribution < -0.4 is 9.46 Å². The maximum absolute atomic E-state index is 12.3. The van der Waals surface area contributed by atoms with Crippen LogP contribution in [-0.4, -0.2) is 21.1 Å². The number of benzene rings is 2. The Hall–Kier alpha value is -1.27. The van der Waals surface area contributed by atoms with Gasteiger partial charge in [0.15, 0.2) is 0 Å². The van der Waals surface area contributed by atoms with E-state index in [1.165, 1.54) is 12.1 Å². The van der Waals surface area contributed by atoms with Crippen LogP contribution in [0.4, 0.5) is 0 Å². The van der Waals surface area contributed by atoms with Crippen LogP contribution in [0.25, 0.3) is 0 Å².